The summed E-state index contributed by atoms with van der Waals surface area (Å²) in [5.74, 6) is -5.95. The van der Waals surface area contributed by atoms with E-state index in [9.17, 15) is 34.8 Å². The zero-order valence-electron chi connectivity index (χ0n) is 5.85. The first-order valence-corrected chi connectivity index (χ1v) is 4.95. The van der Waals surface area contributed by atoms with Gasteiger partial charge in [-0.15, -0.1) is 0 Å². The molecule has 0 amide bonds. The SMILES string of the molecule is O=S1[N-]S(=O)C(F)(F)C(F)(F)C1(F)F. The molecule has 1 aliphatic heterocycles. The van der Waals surface area contributed by atoms with Crippen molar-refractivity contribution in [3.05, 3.63) is 4.13 Å². The molecule has 1 heterocycles. The third kappa shape index (κ3) is 1.21. The van der Waals surface area contributed by atoms with E-state index in [1.165, 1.54) is 0 Å². The molecule has 14 heavy (non-hydrogen) atoms. The molecule has 0 spiro atoms. The highest BCUT2D eigenvalue weighted by Crippen LogP contribution is 2.54. The van der Waals surface area contributed by atoms with Crippen LogP contribution in [0.3, 0.4) is 0 Å². The van der Waals surface area contributed by atoms with Gasteiger partial charge < -0.3 is 4.13 Å². The monoisotopic (exact) mass is 260 g/mol. The lowest BCUT2D eigenvalue weighted by molar-refractivity contribution is -0.241. The van der Waals surface area contributed by atoms with Crippen LogP contribution in [0.5, 0.6) is 0 Å². The minimum Gasteiger partial charge on any atom is -0.480 e. The average molecular weight is 260 g/mol. The van der Waals surface area contributed by atoms with Crippen molar-refractivity contribution >= 4 is 22.0 Å². The quantitative estimate of drug-likeness (QED) is 0.620. The van der Waals surface area contributed by atoms with Crippen molar-refractivity contribution in [2.75, 3.05) is 0 Å². The molecule has 3 nitrogen and oxygen atoms in total. The molecule has 0 N–H and O–H groups in total. The predicted octanol–water partition coefficient (Wildman–Crippen LogP) is 1.52. The normalized spacial score (nSPS) is 39.3. The first-order valence-electron chi connectivity index (χ1n) is 2.74. The van der Waals surface area contributed by atoms with E-state index < -0.39 is 38.4 Å². The van der Waals surface area contributed by atoms with Crippen LogP contribution in [0.2, 0.25) is 0 Å². The van der Waals surface area contributed by atoms with Gasteiger partial charge in [-0.25, -0.2) is 0 Å². The Balaban J connectivity index is 3.31. The Morgan fingerprint density at radius 1 is 0.786 bits per heavy atom. The van der Waals surface area contributed by atoms with Gasteiger partial charge in [0.05, 0.1) is 0 Å². The van der Waals surface area contributed by atoms with Crippen molar-refractivity contribution in [3.8, 4) is 0 Å². The van der Waals surface area contributed by atoms with Crippen LogP contribution in [0.1, 0.15) is 0 Å². The molecule has 2 unspecified atom stereocenters. The highest BCUT2D eigenvalue weighted by molar-refractivity contribution is 8.07. The van der Waals surface area contributed by atoms with E-state index in [0.29, 0.717) is 0 Å². The zero-order chi connectivity index (χ0) is 11.4. The smallest absolute Gasteiger partial charge is 0.393 e. The molecular formula is C3F6NO2S2-. The van der Waals surface area contributed by atoms with E-state index >= 15 is 0 Å². The fraction of sp³-hybridized carbons (Fsp3) is 1.00. The maximum Gasteiger partial charge on any atom is 0.393 e. The van der Waals surface area contributed by atoms with E-state index in [4.69, 9.17) is 0 Å². The predicted molar refractivity (Wildman–Crippen MR) is 34.5 cm³/mol. The maximum atomic E-state index is 12.3. The van der Waals surface area contributed by atoms with Gasteiger partial charge in [-0.2, -0.15) is 26.3 Å². The summed E-state index contributed by atoms with van der Waals surface area (Å²) in [5, 5.41) is -11.0. The Kier molecular flexibility index (Phi) is 2.48. The van der Waals surface area contributed by atoms with Gasteiger partial charge in [0.15, 0.2) is 0 Å². The lowest BCUT2D eigenvalue weighted by atomic mass is 10.3. The lowest BCUT2D eigenvalue weighted by Crippen LogP contribution is -2.60. The third-order valence-electron chi connectivity index (χ3n) is 1.31. The van der Waals surface area contributed by atoms with Crippen molar-refractivity contribution in [2.24, 2.45) is 0 Å². The standard InChI is InChI=1S/C3F6NO2S2/c4-1(5)2(6,7)13(11)10-14(12)3(1,8)9/q-1. The Hall–Kier alpha value is -0.160. The Labute approximate surface area is 78.0 Å². The number of hydrogen-bond acceptors (Lipinski definition) is 2. The van der Waals surface area contributed by atoms with Crippen LogP contribution >= 0.6 is 0 Å². The van der Waals surface area contributed by atoms with Crippen LogP contribution in [0.4, 0.5) is 26.3 Å². The van der Waals surface area contributed by atoms with Gasteiger partial charge >= 0.3 is 16.4 Å². The molecule has 0 bridgehead atoms. The van der Waals surface area contributed by atoms with Gasteiger partial charge in [0.2, 0.25) is 0 Å². The second-order valence-corrected chi connectivity index (χ2v) is 4.80. The van der Waals surface area contributed by atoms with Gasteiger partial charge in [-0.3, -0.25) is 8.42 Å². The average Bonchev–Trinajstić information content (AvgIpc) is 2.01. The van der Waals surface area contributed by atoms with E-state index in [2.05, 4.69) is 0 Å². The third-order valence-corrected chi connectivity index (χ3v) is 3.78. The van der Waals surface area contributed by atoms with Crippen LogP contribution in [-0.2, 0) is 22.0 Å². The van der Waals surface area contributed by atoms with Crippen LogP contribution in [0.15, 0.2) is 0 Å². The number of halogens is 6. The van der Waals surface area contributed by atoms with E-state index in [-0.39, 0.29) is 0 Å². The minimum atomic E-state index is -5.95. The molecule has 0 radical (unpaired) electrons. The molecule has 1 rings (SSSR count). The van der Waals surface area contributed by atoms with Crippen molar-refractivity contribution in [2.45, 2.75) is 16.4 Å². The molecule has 84 valence electrons. The van der Waals surface area contributed by atoms with Crippen LogP contribution < -0.4 is 0 Å². The Morgan fingerprint density at radius 2 is 1.07 bits per heavy atom. The lowest BCUT2D eigenvalue weighted by Gasteiger charge is -2.42. The molecule has 0 aliphatic carbocycles. The topological polar surface area (TPSA) is 48.2 Å². The minimum absolute atomic E-state index is 1.85. The molecule has 1 aliphatic rings. The highest BCUT2D eigenvalue weighted by atomic mass is 32.3. The van der Waals surface area contributed by atoms with Crippen molar-refractivity contribution in [3.63, 3.8) is 0 Å². The van der Waals surface area contributed by atoms with Gasteiger partial charge in [0.1, 0.15) is 0 Å². The Morgan fingerprint density at radius 3 is 1.36 bits per heavy atom. The summed E-state index contributed by atoms with van der Waals surface area (Å²) in [6.45, 7) is 0. The van der Waals surface area contributed by atoms with Crippen molar-refractivity contribution < 1.29 is 34.8 Å². The van der Waals surface area contributed by atoms with E-state index in [1.54, 1.807) is 0 Å². The molecule has 0 aromatic heterocycles. The molecule has 0 saturated carbocycles. The highest BCUT2D eigenvalue weighted by Gasteiger charge is 2.76. The molecule has 0 aromatic rings. The summed E-state index contributed by atoms with van der Waals surface area (Å²) in [5.41, 5.74) is 0. The molecule has 0 aromatic carbocycles. The zero-order valence-corrected chi connectivity index (χ0v) is 7.48. The fourth-order valence-corrected chi connectivity index (χ4v) is 2.54. The first kappa shape index (κ1) is 11.9. The largest absolute Gasteiger partial charge is 0.480 e. The van der Waals surface area contributed by atoms with Crippen LogP contribution in [0, 0.1) is 0 Å². The van der Waals surface area contributed by atoms with Gasteiger partial charge in [-0.1, -0.05) is 0 Å². The number of rotatable bonds is 0. The maximum absolute atomic E-state index is 12.3. The second-order valence-electron chi connectivity index (χ2n) is 2.18. The molecule has 1 fully saturated rings. The Bertz CT molecular complexity index is 288. The molecular weight excluding hydrogens is 260 g/mol. The van der Waals surface area contributed by atoms with E-state index in [0.717, 1.165) is 0 Å². The summed E-state index contributed by atoms with van der Waals surface area (Å²) < 4.78 is 96.1. The van der Waals surface area contributed by atoms with E-state index in [1.807, 2.05) is 4.13 Å². The van der Waals surface area contributed by atoms with Gasteiger partial charge in [0, 0.05) is 22.0 Å². The summed E-state index contributed by atoms with van der Waals surface area (Å²) in [6, 6.07) is 0. The summed E-state index contributed by atoms with van der Waals surface area (Å²) in [4.78, 5) is 0. The van der Waals surface area contributed by atoms with Gasteiger partial charge in [-0.05, 0) is 0 Å². The number of hydrogen-bond donors (Lipinski definition) is 0. The van der Waals surface area contributed by atoms with Crippen LogP contribution in [-0.4, -0.2) is 24.8 Å². The van der Waals surface area contributed by atoms with Gasteiger partial charge in [0.25, 0.3) is 0 Å². The van der Waals surface area contributed by atoms with Crippen LogP contribution in [0.25, 0.3) is 4.13 Å². The fourth-order valence-electron chi connectivity index (χ4n) is 0.544. The molecule has 2 atom stereocenters. The van der Waals surface area contributed by atoms with Crippen molar-refractivity contribution in [1.29, 1.82) is 0 Å². The summed E-state index contributed by atoms with van der Waals surface area (Å²) in [6.07, 6.45) is 0. The summed E-state index contributed by atoms with van der Waals surface area (Å²) in [7, 11) is -7.87. The summed E-state index contributed by atoms with van der Waals surface area (Å²) >= 11 is 0. The number of nitrogens with zero attached hydrogens (tertiary/aromatic N) is 1. The second kappa shape index (κ2) is 2.92. The van der Waals surface area contributed by atoms with Crippen molar-refractivity contribution in [1.82, 2.24) is 0 Å². The number of alkyl halides is 6. The molecule has 1 saturated heterocycles. The first-order chi connectivity index (χ1) is 6.05. The molecule has 11 heteroatoms.